The van der Waals surface area contributed by atoms with Gasteiger partial charge in [0, 0.05) is 24.6 Å². The van der Waals surface area contributed by atoms with Crippen molar-refractivity contribution in [2.24, 2.45) is 0 Å². The zero-order valence-electron chi connectivity index (χ0n) is 13.6. The Kier molecular flexibility index (Phi) is 4.31. The zero-order valence-corrected chi connectivity index (χ0v) is 14.4. The van der Waals surface area contributed by atoms with E-state index in [1.165, 1.54) is 5.56 Å². The first-order valence-electron chi connectivity index (χ1n) is 8.13. The van der Waals surface area contributed by atoms with E-state index in [-0.39, 0.29) is 5.91 Å². The molecule has 3 heterocycles. The minimum atomic E-state index is -0.0948. The molecule has 4 aromatic rings. The van der Waals surface area contributed by atoms with Crippen LogP contribution in [0.3, 0.4) is 0 Å². The average Bonchev–Trinajstić information content (AvgIpc) is 3.23. The smallest absolute Gasteiger partial charge is 0.272 e. The fourth-order valence-electron chi connectivity index (χ4n) is 2.92. The number of rotatable bonds is 5. The first-order chi connectivity index (χ1) is 12.3. The number of pyridine rings is 1. The zero-order chi connectivity index (χ0) is 17.1. The van der Waals surface area contributed by atoms with E-state index in [0.29, 0.717) is 5.69 Å². The van der Waals surface area contributed by atoms with Crippen LogP contribution in [-0.4, -0.2) is 15.5 Å². The van der Waals surface area contributed by atoms with Crippen LogP contribution in [0.15, 0.2) is 72.4 Å². The van der Waals surface area contributed by atoms with Gasteiger partial charge in [-0.25, -0.2) is 0 Å². The van der Waals surface area contributed by atoms with Crippen LogP contribution >= 0.6 is 11.3 Å². The van der Waals surface area contributed by atoms with Gasteiger partial charge in [0.2, 0.25) is 0 Å². The first-order valence-corrected chi connectivity index (χ1v) is 9.01. The molecule has 0 spiro atoms. The summed E-state index contributed by atoms with van der Waals surface area (Å²) in [5.74, 6) is -0.0948. The molecule has 1 N–H and O–H groups in total. The third kappa shape index (κ3) is 3.32. The number of hydrogen-bond acceptors (Lipinski definition) is 3. The van der Waals surface area contributed by atoms with Crippen molar-refractivity contribution >= 4 is 33.1 Å². The highest BCUT2D eigenvalue weighted by Crippen LogP contribution is 2.26. The average molecular weight is 347 g/mol. The predicted molar refractivity (Wildman–Crippen MR) is 102 cm³/mol. The van der Waals surface area contributed by atoms with E-state index >= 15 is 0 Å². The Morgan fingerprint density at radius 3 is 2.68 bits per heavy atom. The van der Waals surface area contributed by atoms with Gasteiger partial charge in [0.1, 0.15) is 5.69 Å². The molecule has 25 heavy (non-hydrogen) atoms. The second kappa shape index (κ2) is 6.91. The van der Waals surface area contributed by atoms with Crippen LogP contribution in [0.25, 0.3) is 10.2 Å². The van der Waals surface area contributed by atoms with Gasteiger partial charge < -0.3 is 9.88 Å². The van der Waals surface area contributed by atoms with E-state index in [1.54, 1.807) is 35.9 Å². The molecular formula is C20H17N3OS. The van der Waals surface area contributed by atoms with Crippen LogP contribution in [-0.2, 0) is 13.0 Å². The van der Waals surface area contributed by atoms with Crippen LogP contribution in [0.1, 0.15) is 16.1 Å². The van der Waals surface area contributed by atoms with Gasteiger partial charge in [-0.1, -0.05) is 30.3 Å². The molecular weight excluding hydrogens is 330 g/mol. The second-order valence-electron chi connectivity index (χ2n) is 5.78. The number of nitrogens with zero attached hydrogens (tertiary/aromatic N) is 2. The normalized spacial score (nSPS) is 10.9. The van der Waals surface area contributed by atoms with E-state index in [0.717, 1.165) is 28.9 Å². The number of nitrogens with one attached hydrogen (secondary N) is 1. The Hall–Kier alpha value is -2.92. The molecule has 0 aliphatic carbocycles. The Bertz CT molecular complexity index is 990. The Morgan fingerprint density at radius 2 is 1.88 bits per heavy atom. The summed E-state index contributed by atoms with van der Waals surface area (Å²) in [6, 6.07) is 18.0. The number of amides is 1. The number of fused-ring (bicyclic) bond motifs is 1. The van der Waals surface area contributed by atoms with Gasteiger partial charge in [-0.15, -0.1) is 11.3 Å². The van der Waals surface area contributed by atoms with Crippen molar-refractivity contribution in [1.29, 1.82) is 0 Å². The molecule has 0 radical (unpaired) electrons. The van der Waals surface area contributed by atoms with Gasteiger partial charge >= 0.3 is 0 Å². The van der Waals surface area contributed by atoms with Gasteiger partial charge in [-0.3, -0.25) is 9.78 Å². The molecule has 1 amide bonds. The molecule has 0 aliphatic heterocycles. The SMILES string of the molecule is O=C(Nc1ccncc1)c1cc2sccc2n1CCc1ccccc1. The Labute approximate surface area is 149 Å². The molecule has 0 fully saturated rings. The molecule has 3 aromatic heterocycles. The fourth-order valence-corrected chi connectivity index (χ4v) is 3.74. The monoisotopic (exact) mass is 347 g/mol. The van der Waals surface area contributed by atoms with E-state index in [9.17, 15) is 4.79 Å². The molecule has 124 valence electrons. The largest absolute Gasteiger partial charge is 0.335 e. The molecule has 0 bridgehead atoms. The summed E-state index contributed by atoms with van der Waals surface area (Å²) in [5.41, 5.74) is 3.81. The van der Waals surface area contributed by atoms with Crippen LogP contribution in [0.5, 0.6) is 0 Å². The number of benzene rings is 1. The van der Waals surface area contributed by atoms with Gasteiger partial charge in [0.25, 0.3) is 5.91 Å². The van der Waals surface area contributed by atoms with Gasteiger partial charge in [0.15, 0.2) is 0 Å². The number of hydrogen-bond donors (Lipinski definition) is 1. The summed E-state index contributed by atoms with van der Waals surface area (Å²) in [6.07, 6.45) is 4.22. The van der Waals surface area contributed by atoms with Crippen LogP contribution in [0.4, 0.5) is 5.69 Å². The van der Waals surface area contributed by atoms with Gasteiger partial charge in [0.05, 0.1) is 10.2 Å². The van der Waals surface area contributed by atoms with E-state index in [2.05, 4.69) is 38.4 Å². The standard InChI is InChI=1S/C20H17N3OS/c24-20(22-16-6-10-21-11-7-16)18-14-19-17(9-13-25-19)23(18)12-8-15-4-2-1-3-5-15/h1-7,9-11,13-14H,8,12H2,(H,21,22,24). The Balaban J connectivity index is 1.62. The van der Waals surface area contributed by atoms with Crippen molar-refractivity contribution in [3.05, 3.63) is 83.6 Å². The summed E-state index contributed by atoms with van der Waals surface area (Å²) in [6.45, 7) is 0.767. The third-order valence-corrected chi connectivity index (χ3v) is 5.01. The van der Waals surface area contributed by atoms with Crippen molar-refractivity contribution in [1.82, 2.24) is 9.55 Å². The molecule has 0 unspecified atom stereocenters. The molecule has 5 heteroatoms. The summed E-state index contributed by atoms with van der Waals surface area (Å²) >= 11 is 1.66. The maximum Gasteiger partial charge on any atom is 0.272 e. The summed E-state index contributed by atoms with van der Waals surface area (Å²) in [5, 5.41) is 5.02. The number of carbonyl (C=O) groups is 1. The summed E-state index contributed by atoms with van der Waals surface area (Å²) in [4.78, 5) is 16.7. The maximum absolute atomic E-state index is 12.8. The van der Waals surface area contributed by atoms with Crippen molar-refractivity contribution in [3.63, 3.8) is 0 Å². The molecule has 1 aromatic carbocycles. The van der Waals surface area contributed by atoms with Crippen LogP contribution < -0.4 is 5.32 Å². The summed E-state index contributed by atoms with van der Waals surface area (Å²) in [7, 11) is 0. The topological polar surface area (TPSA) is 46.9 Å². The number of thiophene rings is 1. The Morgan fingerprint density at radius 1 is 1.08 bits per heavy atom. The number of aromatic nitrogens is 2. The lowest BCUT2D eigenvalue weighted by Gasteiger charge is -2.11. The molecule has 4 nitrogen and oxygen atoms in total. The van der Waals surface area contributed by atoms with Crippen molar-refractivity contribution in [3.8, 4) is 0 Å². The van der Waals surface area contributed by atoms with E-state index in [1.807, 2.05) is 24.3 Å². The fraction of sp³-hybridized carbons (Fsp3) is 0.100. The number of anilines is 1. The molecule has 0 aliphatic rings. The minimum Gasteiger partial charge on any atom is -0.335 e. The lowest BCUT2D eigenvalue weighted by Crippen LogP contribution is -2.17. The number of aryl methyl sites for hydroxylation is 2. The lowest BCUT2D eigenvalue weighted by atomic mass is 10.1. The van der Waals surface area contributed by atoms with E-state index in [4.69, 9.17) is 0 Å². The van der Waals surface area contributed by atoms with Crippen molar-refractivity contribution in [2.75, 3.05) is 5.32 Å². The quantitative estimate of drug-likeness (QED) is 0.574. The third-order valence-electron chi connectivity index (χ3n) is 4.16. The number of carbonyl (C=O) groups excluding carboxylic acids is 1. The van der Waals surface area contributed by atoms with Gasteiger partial charge in [-0.05, 0) is 41.6 Å². The summed E-state index contributed by atoms with van der Waals surface area (Å²) < 4.78 is 3.24. The maximum atomic E-state index is 12.8. The van der Waals surface area contributed by atoms with Crippen molar-refractivity contribution in [2.45, 2.75) is 13.0 Å². The lowest BCUT2D eigenvalue weighted by molar-refractivity contribution is 0.101. The van der Waals surface area contributed by atoms with E-state index < -0.39 is 0 Å². The first kappa shape index (κ1) is 15.6. The molecule has 4 rings (SSSR count). The highest BCUT2D eigenvalue weighted by atomic mass is 32.1. The molecule has 0 saturated heterocycles. The molecule has 0 saturated carbocycles. The highest BCUT2D eigenvalue weighted by Gasteiger charge is 2.16. The molecule has 0 atom stereocenters. The minimum absolute atomic E-state index is 0.0948. The second-order valence-corrected chi connectivity index (χ2v) is 6.72. The van der Waals surface area contributed by atoms with Crippen molar-refractivity contribution < 1.29 is 4.79 Å². The van der Waals surface area contributed by atoms with Crippen LogP contribution in [0.2, 0.25) is 0 Å². The predicted octanol–water partition coefficient (Wildman–Crippen LogP) is 4.59. The van der Waals surface area contributed by atoms with Crippen LogP contribution in [0, 0.1) is 0 Å². The highest BCUT2D eigenvalue weighted by molar-refractivity contribution is 7.17. The van der Waals surface area contributed by atoms with Gasteiger partial charge in [-0.2, -0.15) is 0 Å².